The molecule has 2 N–H and O–H groups in total. The first-order valence-electron chi connectivity index (χ1n) is 7.40. The molecule has 2 aromatic rings. The van der Waals surface area contributed by atoms with Gasteiger partial charge in [0.05, 0.1) is 6.61 Å². The average molecular weight is 287 g/mol. The Bertz CT molecular complexity index is 580. The smallest absolute Gasteiger partial charge is 0.245 e. The number of ether oxygens (including phenoxy) is 1. The van der Waals surface area contributed by atoms with Gasteiger partial charge in [0.25, 0.3) is 0 Å². The van der Waals surface area contributed by atoms with Gasteiger partial charge in [0.2, 0.25) is 5.95 Å². The van der Waals surface area contributed by atoms with E-state index in [0.29, 0.717) is 12.6 Å². The standard InChI is InChI=1S/C15H21N5O/c1-3-21-13-6-4-12(5-7-13)14-17-15(19-18-14)20-9-8-16-11(2)10-20/h4-7,11,16H,3,8-10H2,1-2H3,(H,17,18,19)/t11-/m0/s1. The van der Waals surface area contributed by atoms with Crippen LogP contribution < -0.4 is 15.0 Å². The van der Waals surface area contributed by atoms with Gasteiger partial charge >= 0.3 is 0 Å². The van der Waals surface area contributed by atoms with Crippen molar-refractivity contribution in [1.82, 2.24) is 20.5 Å². The summed E-state index contributed by atoms with van der Waals surface area (Å²) in [6, 6.07) is 8.36. The minimum atomic E-state index is 0.464. The van der Waals surface area contributed by atoms with Crippen molar-refractivity contribution in [3.8, 4) is 17.1 Å². The van der Waals surface area contributed by atoms with Crippen LogP contribution in [0.3, 0.4) is 0 Å². The molecule has 1 saturated heterocycles. The predicted molar refractivity (Wildman–Crippen MR) is 82.7 cm³/mol. The molecule has 1 aliphatic heterocycles. The second-order valence-electron chi connectivity index (χ2n) is 5.24. The van der Waals surface area contributed by atoms with Crippen LogP contribution in [0.1, 0.15) is 13.8 Å². The third-order valence-corrected chi connectivity index (χ3v) is 3.56. The maximum atomic E-state index is 5.45. The van der Waals surface area contributed by atoms with E-state index in [0.717, 1.165) is 42.7 Å². The van der Waals surface area contributed by atoms with Gasteiger partial charge in [-0.25, -0.2) is 0 Å². The lowest BCUT2D eigenvalue weighted by Crippen LogP contribution is -2.49. The van der Waals surface area contributed by atoms with Crippen molar-refractivity contribution in [2.75, 3.05) is 31.1 Å². The highest BCUT2D eigenvalue weighted by molar-refractivity contribution is 5.57. The van der Waals surface area contributed by atoms with Crippen LogP contribution in [0.25, 0.3) is 11.4 Å². The number of piperazine rings is 1. The highest BCUT2D eigenvalue weighted by atomic mass is 16.5. The molecule has 2 heterocycles. The lowest BCUT2D eigenvalue weighted by atomic mass is 10.2. The normalized spacial score (nSPS) is 18.8. The molecule has 1 atom stereocenters. The molecule has 1 aromatic heterocycles. The largest absolute Gasteiger partial charge is 0.494 e. The van der Waals surface area contributed by atoms with Crippen molar-refractivity contribution in [3.63, 3.8) is 0 Å². The molecule has 3 rings (SSSR count). The number of nitrogens with one attached hydrogen (secondary N) is 2. The molecule has 1 aliphatic rings. The van der Waals surface area contributed by atoms with E-state index >= 15 is 0 Å². The predicted octanol–water partition coefficient (Wildman–Crippen LogP) is 1.67. The molecule has 0 saturated carbocycles. The number of aromatic amines is 1. The van der Waals surface area contributed by atoms with Crippen LogP contribution in [0, 0.1) is 0 Å². The van der Waals surface area contributed by atoms with Gasteiger partial charge in [-0.2, -0.15) is 4.98 Å². The first-order chi connectivity index (χ1) is 10.3. The van der Waals surface area contributed by atoms with E-state index in [1.165, 1.54) is 0 Å². The van der Waals surface area contributed by atoms with Gasteiger partial charge in [-0.05, 0) is 38.1 Å². The van der Waals surface area contributed by atoms with Gasteiger partial charge in [0, 0.05) is 31.2 Å². The molecule has 1 aromatic carbocycles. The minimum absolute atomic E-state index is 0.464. The lowest BCUT2D eigenvalue weighted by Gasteiger charge is -2.30. The van der Waals surface area contributed by atoms with E-state index in [9.17, 15) is 0 Å². The number of H-pyrrole nitrogens is 1. The van der Waals surface area contributed by atoms with Crippen LogP contribution in [0.2, 0.25) is 0 Å². The zero-order chi connectivity index (χ0) is 14.7. The van der Waals surface area contributed by atoms with Crippen molar-refractivity contribution in [2.24, 2.45) is 0 Å². The van der Waals surface area contributed by atoms with Crippen LogP contribution in [0.4, 0.5) is 5.95 Å². The summed E-state index contributed by atoms with van der Waals surface area (Å²) in [6.45, 7) is 7.66. The number of nitrogens with zero attached hydrogens (tertiary/aromatic N) is 3. The highest BCUT2D eigenvalue weighted by Crippen LogP contribution is 2.21. The Hall–Kier alpha value is -2.08. The summed E-state index contributed by atoms with van der Waals surface area (Å²) in [5.74, 6) is 2.43. The summed E-state index contributed by atoms with van der Waals surface area (Å²) in [7, 11) is 0. The molecule has 112 valence electrons. The van der Waals surface area contributed by atoms with Crippen LogP contribution in [-0.2, 0) is 0 Å². The van der Waals surface area contributed by atoms with Gasteiger partial charge in [-0.15, -0.1) is 5.10 Å². The summed E-state index contributed by atoms with van der Waals surface area (Å²) in [5, 5.41) is 10.8. The molecule has 21 heavy (non-hydrogen) atoms. The monoisotopic (exact) mass is 287 g/mol. The fraction of sp³-hybridized carbons (Fsp3) is 0.467. The van der Waals surface area contributed by atoms with Crippen LogP contribution in [-0.4, -0.2) is 47.5 Å². The Morgan fingerprint density at radius 3 is 2.86 bits per heavy atom. The lowest BCUT2D eigenvalue weighted by molar-refractivity contribution is 0.340. The molecular formula is C15H21N5O. The van der Waals surface area contributed by atoms with Crippen molar-refractivity contribution < 1.29 is 4.74 Å². The molecule has 0 amide bonds. The third-order valence-electron chi connectivity index (χ3n) is 3.56. The summed E-state index contributed by atoms with van der Waals surface area (Å²) >= 11 is 0. The Morgan fingerprint density at radius 1 is 1.33 bits per heavy atom. The van der Waals surface area contributed by atoms with Gasteiger partial charge < -0.3 is 15.0 Å². The van der Waals surface area contributed by atoms with E-state index < -0.39 is 0 Å². The van der Waals surface area contributed by atoms with Crippen molar-refractivity contribution >= 4 is 5.95 Å². The number of benzene rings is 1. The van der Waals surface area contributed by atoms with Crippen molar-refractivity contribution in [3.05, 3.63) is 24.3 Å². The minimum Gasteiger partial charge on any atom is -0.494 e. The first-order valence-corrected chi connectivity index (χ1v) is 7.40. The Balaban J connectivity index is 1.74. The van der Waals surface area contributed by atoms with E-state index in [1.54, 1.807) is 0 Å². The highest BCUT2D eigenvalue weighted by Gasteiger charge is 2.19. The zero-order valence-corrected chi connectivity index (χ0v) is 12.5. The van der Waals surface area contributed by atoms with E-state index in [1.807, 2.05) is 31.2 Å². The van der Waals surface area contributed by atoms with Crippen molar-refractivity contribution in [1.29, 1.82) is 0 Å². The molecule has 0 aliphatic carbocycles. The van der Waals surface area contributed by atoms with Crippen molar-refractivity contribution in [2.45, 2.75) is 19.9 Å². The van der Waals surface area contributed by atoms with Gasteiger partial charge in [0.1, 0.15) is 5.75 Å². The molecule has 0 radical (unpaired) electrons. The Labute approximate surface area is 124 Å². The fourth-order valence-electron chi connectivity index (χ4n) is 2.51. The summed E-state index contributed by atoms with van der Waals surface area (Å²) in [6.07, 6.45) is 0. The average Bonchev–Trinajstić information content (AvgIpc) is 2.98. The Morgan fingerprint density at radius 2 is 2.14 bits per heavy atom. The molecule has 1 fully saturated rings. The van der Waals surface area contributed by atoms with Gasteiger partial charge in [-0.1, -0.05) is 0 Å². The number of anilines is 1. The first kappa shape index (κ1) is 13.9. The van der Waals surface area contributed by atoms with E-state index in [-0.39, 0.29) is 0 Å². The number of aromatic nitrogens is 3. The zero-order valence-electron chi connectivity index (χ0n) is 12.5. The van der Waals surface area contributed by atoms with Crippen LogP contribution in [0.5, 0.6) is 5.75 Å². The molecule has 6 nitrogen and oxygen atoms in total. The SMILES string of the molecule is CCOc1ccc(-c2nc(N3CCN[C@@H](C)C3)n[nH]2)cc1. The topological polar surface area (TPSA) is 66.1 Å². The maximum absolute atomic E-state index is 5.45. The number of hydrogen-bond acceptors (Lipinski definition) is 5. The second kappa shape index (κ2) is 6.13. The molecular weight excluding hydrogens is 266 g/mol. The molecule has 0 unspecified atom stereocenters. The quantitative estimate of drug-likeness (QED) is 0.895. The maximum Gasteiger partial charge on any atom is 0.245 e. The van der Waals surface area contributed by atoms with E-state index in [2.05, 4.69) is 32.3 Å². The molecule has 0 bridgehead atoms. The molecule has 6 heteroatoms. The van der Waals surface area contributed by atoms with E-state index in [4.69, 9.17) is 4.74 Å². The van der Waals surface area contributed by atoms with Gasteiger partial charge in [0.15, 0.2) is 5.82 Å². The van der Waals surface area contributed by atoms with Gasteiger partial charge in [-0.3, -0.25) is 5.10 Å². The summed E-state index contributed by atoms with van der Waals surface area (Å²) in [4.78, 5) is 6.81. The summed E-state index contributed by atoms with van der Waals surface area (Å²) in [5.41, 5.74) is 1.01. The number of rotatable bonds is 4. The molecule has 0 spiro atoms. The van der Waals surface area contributed by atoms with Crippen LogP contribution >= 0.6 is 0 Å². The fourth-order valence-corrected chi connectivity index (χ4v) is 2.51. The Kier molecular flexibility index (Phi) is 4.06. The summed E-state index contributed by atoms with van der Waals surface area (Å²) < 4.78 is 5.45. The third kappa shape index (κ3) is 3.16. The second-order valence-corrected chi connectivity index (χ2v) is 5.24. The van der Waals surface area contributed by atoms with Crippen LogP contribution in [0.15, 0.2) is 24.3 Å². The number of hydrogen-bond donors (Lipinski definition) is 2.